The maximum Gasteiger partial charge on any atom is 0.326 e. The Morgan fingerprint density at radius 1 is 0.761 bits per heavy atom. The number of anilines is 1. The second kappa shape index (κ2) is 14.6. The quantitative estimate of drug-likeness (QED) is 0.118. The Bertz CT molecular complexity index is 1780. The highest BCUT2D eigenvalue weighted by molar-refractivity contribution is 14.1. The van der Waals surface area contributed by atoms with Crippen molar-refractivity contribution < 1.29 is 19.4 Å². The second-order valence-corrected chi connectivity index (χ2v) is 13.4. The van der Waals surface area contributed by atoms with Crippen LogP contribution in [-0.4, -0.2) is 23.0 Å². The topological polar surface area (TPSA) is 87.7 Å². The van der Waals surface area contributed by atoms with Crippen molar-refractivity contribution in [3.63, 3.8) is 0 Å². The van der Waals surface area contributed by atoms with E-state index in [0.29, 0.717) is 17.8 Å². The van der Waals surface area contributed by atoms with Gasteiger partial charge in [-0.1, -0.05) is 99.6 Å². The zero-order valence-electron chi connectivity index (χ0n) is 26.1. The first-order valence-corrected chi connectivity index (χ1v) is 16.2. The molecular weight excluding hydrogens is 687 g/mol. The van der Waals surface area contributed by atoms with E-state index in [1.54, 1.807) is 6.07 Å². The summed E-state index contributed by atoms with van der Waals surface area (Å²) in [7, 11) is 0. The smallest absolute Gasteiger partial charge is 0.326 e. The highest BCUT2D eigenvalue weighted by Gasteiger charge is 2.23. The number of amides is 1. The molecule has 6 nitrogen and oxygen atoms in total. The number of rotatable bonds is 11. The van der Waals surface area contributed by atoms with Gasteiger partial charge < -0.3 is 20.5 Å². The number of carbonyl (C=O) groups is 2. The van der Waals surface area contributed by atoms with Gasteiger partial charge in [0, 0.05) is 22.2 Å². The SMILES string of the molecule is CC(C)(C)c1ccc(CNc2ccc(I)cc2C(=O)NC(Cc2ccc(-c3ccc(Oc4ccccc4)cc3)cc2)C(=O)O)cc1. The van der Waals surface area contributed by atoms with Crippen LogP contribution in [0.25, 0.3) is 11.1 Å². The van der Waals surface area contributed by atoms with Crippen molar-refractivity contribution >= 4 is 40.2 Å². The van der Waals surface area contributed by atoms with E-state index in [-0.39, 0.29) is 11.8 Å². The van der Waals surface area contributed by atoms with Gasteiger partial charge in [0.2, 0.25) is 0 Å². The lowest BCUT2D eigenvalue weighted by molar-refractivity contribution is -0.139. The van der Waals surface area contributed by atoms with Crippen LogP contribution >= 0.6 is 22.6 Å². The molecule has 5 rings (SSSR count). The molecule has 0 spiro atoms. The van der Waals surface area contributed by atoms with E-state index in [4.69, 9.17) is 4.74 Å². The average molecular weight is 725 g/mol. The second-order valence-electron chi connectivity index (χ2n) is 12.2. The molecule has 0 fully saturated rings. The maximum absolute atomic E-state index is 13.4. The number of ether oxygens (including phenoxy) is 1. The minimum atomic E-state index is -1.09. The third kappa shape index (κ3) is 8.75. The van der Waals surface area contributed by atoms with Crippen molar-refractivity contribution in [2.45, 2.75) is 45.2 Å². The van der Waals surface area contributed by atoms with E-state index in [2.05, 4.69) is 78.3 Å². The van der Waals surface area contributed by atoms with Crippen molar-refractivity contribution in [1.29, 1.82) is 0 Å². The van der Waals surface area contributed by atoms with E-state index < -0.39 is 17.9 Å². The lowest BCUT2D eigenvalue weighted by atomic mass is 9.87. The standard InChI is InChI=1S/C39H37IN2O4/c1-39(2,3)30-17-11-27(12-18-30)25-41-35-22-19-31(40)24-34(35)37(43)42-36(38(44)45)23-26-9-13-28(14-10-26)29-15-20-33(21-16-29)46-32-7-5-4-6-8-32/h4-22,24,36,41H,23,25H2,1-3H3,(H,42,43)(H,44,45). The Morgan fingerprint density at radius 3 is 1.96 bits per heavy atom. The van der Waals surface area contributed by atoms with Gasteiger partial charge in [-0.15, -0.1) is 0 Å². The van der Waals surface area contributed by atoms with Gasteiger partial charge in [0.25, 0.3) is 5.91 Å². The predicted octanol–water partition coefficient (Wildman–Crippen LogP) is 9.09. The maximum atomic E-state index is 13.4. The molecule has 5 aromatic carbocycles. The summed E-state index contributed by atoms with van der Waals surface area (Å²) < 4.78 is 6.76. The highest BCUT2D eigenvalue weighted by atomic mass is 127. The number of aliphatic carboxylic acids is 1. The molecule has 0 saturated heterocycles. The summed E-state index contributed by atoms with van der Waals surface area (Å²) in [5.74, 6) is -0.0136. The van der Waals surface area contributed by atoms with Crippen molar-refractivity contribution in [3.8, 4) is 22.6 Å². The number of carboxylic acids is 1. The summed E-state index contributed by atoms with van der Waals surface area (Å²) in [6.45, 7) is 7.07. The number of carboxylic acid groups (broad SMARTS) is 1. The largest absolute Gasteiger partial charge is 0.480 e. The van der Waals surface area contributed by atoms with Gasteiger partial charge in [-0.05, 0) is 98.3 Å². The third-order valence-corrected chi connectivity index (χ3v) is 8.36. The number of nitrogens with one attached hydrogen (secondary N) is 2. The summed E-state index contributed by atoms with van der Waals surface area (Å²) in [5, 5.41) is 16.1. The Hall–Kier alpha value is -4.63. The normalized spacial score (nSPS) is 11.8. The minimum absolute atomic E-state index is 0.0705. The van der Waals surface area contributed by atoms with E-state index in [9.17, 15) is 14.7 Å². The highest BCUT2D eigenvalue weighted by Crippen LogP contribution is 2.27. The molecule has 0 radical (unpaired) electrons. The Balaban J connectivity index is 1.23. The molecule has 1 amide bonds. The summed E-state index contributed by atoms with van der Waals surface area (Å²) in [4.78, 5) is 25.7. The van der Waals surface area contributed by atoms with Crippen LogP contribution in [0.4, 0.5) is 5.69 Å². The molecule has 0 aliphatic rings. The van der Waals surface area contributed by atoms with Gasteiger partial charge in [-0.25, -0.2) is 4.79 Å². The van der Waals surface area contributed by atoms with Crippen LogP contribution < -0.4 is 15.4 Å². The van der Waals surface area contributed by atoms with Gasteiger partial charge in [-0.3, -0.25) is 4.79 Å². The lowest BCUT2D eigenvalue weighted by Crippen LogP contribution is -2.42. The van der Waals surface area contributed by atoms with Crippen LogP contribution in [-0.2, 0) is 23.2 Å². The summed E-state index contributed by atoms with van der Waals surface area (Å²) in [5.41, 5.74) is 6.27. The van der Waals surface area contributed by atoms with Crippen LogP contribution in [0.15, 0.2) is 121 Å². The van der Waals surface area contributed by atoms with E-state index in [1.165, 1.54) is 5.56 Å². The van der Waals surface area contributed by atoms with Crippen LogP contribution in [0.2, 0.25) is 0 Å². The summed E-state index contributed by atoms with van der Waals surface area (Å²) in [6.07, 6.45) is 0.151. The fraction of sp³-hybridized carbons (Fsp3) is 0.179. The molecule has 0 bridgehead atoms. The fourth-order valence-electron chi connectivity index (χ4n) is 5.02. The van der Waals surface area contributed by atoms with Crippen molar-refractivity contribution in [2.75, 3.05) is 5.32 Å². The van der Waals surface area contributed by atoms with Crippen LogP contribution in [0, 0.1) is 3.57 Å². The fourth-order valence-corrected chi connectivity index (χ4v) is 5.51. The van der Waals surface area contributed by atoms with Gasteiger partial charge in [0.15, 0.2) is 0 Å². The Kier molecular flexibility index (Phi) is 10.4. The first-order valence-electron chi connectivity index (χ1n) is 15.1. The number of hydrogen-bond donors (Lipinski definition) is 3. The number of carbonyl (C=O) groups excluding carboxylic acids is 1. The minimum Gasteiger partial charge on any atom is -0.480 e. The summed E-state index contributed by atoms with van der Waals surface area (Å²) in [6, 6.07) is 38.0. The van der Waals surface area contributed by atoms with Crippen molar-refractivity contribution in [1.82, 2.24) is 5.32 Å². The first-order chi connectivity index (χ1) is 22.0. The van der Waals surface area contributed by atoms with Crippen LogP contribution in [0.3, 0.4) is 0 Å². The monoisotopic (exact) mass is 724 g/mol. The number of benzene rings is 5. The molecular formula is C39H37IN2O4. The molecule has 234 valence electrons. The third-order valence-electron chi connectivity index (χ3n) is 7.69. The molecule has 0 saturated carbocycles. The molecule has 1 atom stereocenters. The lowest BCUT2D eigenvalue weighted by Gasteiger charge is -2.19. The molecule has 7 heteroatoms. The Labute approximate surface area is 284 Å². The summed E-state index contributed by atoms with van der Waals surface area (Å²) >= 11 is 2.16. The van der Waals surface area contributed by atoms with Crippen LogP contribution in [0.1, 0.15) is 47.8 Å². The first kappa shape index (κ1) is 32.8. The Morgan fingerprint density at radius 2 is 1.35 bits per heavy atom. The molecule has 0 aromatic heterocycles. The number of hydrogen-bond acceptors (Lipinski definition) is 4. The van der Waals surface area contributed by atoms with Gasteiger partial charge >= 0.3 is 5.97 Å². The predicted molar refractivity (Wildman–Crippen MR) is 193 cm³/mol. The molecule has 3 N–H and O–H groups in total. The van der Waals surface area contributed by atoms with Gasteiger partial charge in [0.05, 0.1) is 5.56 Å². The van der Waals surface area contributed by atoms with Gasteiger partial charge in [-0.2, -0.15) is 0 Å². The molecule has 5 aromatic rings. The molecule has 46 heavy (non-hydrogen) atoms. The van der Waals surface area contributed by atoms with E-state index in [1.807, 2.05) is 91.0 Å². The molecule has 1 unspecified atom stereocenters. The molecule has 0 heterocycles. The van der Waals surface area contributed by atoms with Crippen LogP contribution in [0.5, 0.6) is 11.5 Å². The van der Waals surface area contributed by atoms with Crippen molar-refractivity contribution in [2.24, 2.45) is 0 Å². The number of para-hydroxylation sites is 1. The molecule has 0 aliphatic carbocycles. The number of halogens is 1. The molecule has 0 aliphatic heterocycles. The zero-order chi connectivity index (χ0) is 32.7. The van der Waals surface area contributed by atoms with E-state index in [0.717, 1.165) is 37.3 Å². The van der Waals surface area contributed by atoms with E-state index >= 15 is 0 Å². The van der Waals surface area contributed by atoms with Gasteiger partial charge in [0.1, 0.15) is 17.5 Å². The van der Waals surface area contributed by atoms with Crippen molar-refractivity contribution in [3.05, 3.63) is 147 Å². The average Bonchev–Trinajstić information content (AvgIpc) is 3.05. The zero-order valence-corrected chi connectivity index (χ0v) is 28.2.